The molecule has 2 atom stereocenters. The Morgan fingerprint density at radius 3 is 2.49 bits per heavy atom. The molecule has 0 bridgehead atoms. The number of ketones is 1. The van der Waals surface area contributed by atoms with Crippen LogP contribution in [0.1, 0.15) is 85.2 Å². The molecule has 5 heteroatoms. The monoisotopic (exact) mass is 474 g/mol. The van der Waals surface area contributed by atoms with Crippen molar-refractivity contribution in [1.82, 2.24) is 0 Å². The lowest BCUT2D eigenvalue weighted by atomic mass is 9.74. The SMILES string of the molecule is C/C1=C\CC(C)(C)/C=C/CC2(C)Oc3c(c(O)c(C=O)c(O)c3C(=O)c3ccccc3)CC2CC1. The third-order valence-corrected chi connectivity index (χ3v) is 7.52. The standard InChI is InChI=1S/C30H34O5/c1-19-11-12-21-17-22-26(33)23(18-31)27(34)24(25(32)20-9-6-5-7-10-20)28(22)35-30(21,4)15-8-14-29(2,3)16-13-19/h5-10,13-14,18,21,33-34H,11-12,15-17H2,1-4H3/b14-8+,19-13+. The lowest BCUT2D eigenvalue weighted by Crippen LogP contribution is -2.45. The van der Waals surface area contributed by atoms with Gasteiger partial charge < -0.3 is 14.9 Å². The van der Waals surface area contributed by atoms with Crippen LogP contribution < -0.4 is 4.74 Å². The van der Waals surface area contributed by atoms with E-state index in [4.69, 9.17) is 4.74 Å². The predicted octanol–water partition coefficient (Wildman–Crippen LogP) is 6.55. The van der Waals surface area contributed by atoms with Gasteiger partial charge in [0, 0.05) is 23.5 Å². The van der Waals surface area contributed by atoms with Crippen LogP contribution >= 0.6 is 0 Å². The smallest absolute Gasteiger partial charge is 0.200 e. The molecule has 0 amide bonds. The van der Waals surface area contributed by atoms with Gasteiger partial charge in [0.1, 0.15) is 28.4 Å². The topological polar surface area (TPSA) is 83.8 Å². The Labute approximate surface area is 207 Å². The molecular formula is C30H34O5. The molecule has 0 radical (unpaired) electrons. The normalized spacial score (nSPS) is 26.1. The van der Waals surface area contributed by atoms with E-state index < -0.39 is 17.1 Å². The van der Waals surface area contributed by atoms with Crippen LogP contribution in [0.3, 0.4) is 0 Å². The first-order chi connectivity index (χ1) is 16.6. The number of benzene rings is 2. The quantitative estimate of drug-likeness (QED) is 0.299. The Bertz CT molecular complexity index is 1210. The molecular weight excluding hydrogens is 440 g/mol. The van der Waals surface area contributed by atoms with Crippen molar-refractivity contribution in [1.29, 1.82) is 0 Å². The van der Waals surface area contributed by atoms with Gasteiger partial charge >= 0.3 is 0 Å². The van der Waals surface area contributed by atoms with Crippen molar-refractivity contribution in [2.45, 2.75) is 65.4 Å². The van der Waals surface area contributed by atoms with Gasteiger partial charge in [-0.1, -0.05) is 68.0 Å². The highest BCUT2D eigenvalue weighted by molar-refractivity contribution is 6.14. The molecule has 35 heavy (non-hydrogen) atoms. The number of aromatic hydroxyl groups is 2. The third-order valence-electron chi connectivity index (χ3n) is 7.52. The number of carbonyl (C=O) groups is 2. The average Bonchev–Trinajstić information content (AvgIpc) is 2.83. The van der Waals surface area contributed by atoms with E-state index in [1.165, 1.54) is 5.57 Å². The molecule has 4 rings (SSSR count). The van der Waals surface area contributed by atoms with E-state index in [2.05, 4.69) is 39.0 Å². The minimum Gasteiger partial charge on any atom is -0.507 e. The highest BCUT2D eigenvalue weighted by atomic mass is 16.5. The van der Waals surface area contributed by atoms with Crippen LogP contribution in [0.4, 0.5) is 0 Å². The Kier molecular flexibility index (Phi) is 6.63. The summed E-state index contributed by atoms with van der Waals surface area (Å²) < 4.78 is 6.61. The number of phenolic OH excluding ortho intramolecular Hbond substituents is 2. The van der Waals surface area contributed by atoms with Gasteiger partial charge in [-0.15, -0.1) is 0 Å². The van der Waals surface area contributed by atoms with E-state index in [0.29, 0.717) is 30.3 Å². The highest BCUT2D eigenvalue weighted by Gasteiger charge is 2.44. The molecule has 0 saturated heterocycles. The van der Waals surface area contributed by atoms with Crippen molar-refractivity contribution < 1.29 is 24.5 Å². The second-order valence-corrected chi connectivity index (χ2v) is 10.8. The molecule has 2 aliphatic rings. The second-order valence-electron chi connectivity index (χ2n) is 10.8. The Balaban J connectivity index is 1.87. The molecule has 2 unspecified atom stereocenters. The summed E-state index contributed by atoms with van der Waals surface area (Å²) in [6.07, 6.45) is 10.8. The largest absolute Gasteiger partial charge is 0.507 e. The minimum atomic E-state index is -0.655. The van der Waals surface area contributed by atoms with Gasteiger partial charge in [0.15, 0.2) is 6.29 Å². The number of aldehydes is 1. The molecule has 1 heterocycles. The maximum absolute atomic E-state index is 13.5. The summed E-state index contributed by atoms with van der Waals surface area (Å²) in [5.74, 6) is -1.08. The van der Waals surface area contributed by atoms with Gasteiger partial charge in [0.05, 0.1) is 5.56 Å². The number of rotatable bonds is 3. The second kappa shape index (κ2) is 9.37. The van der Waals surface area contributed by atoms with Crippen LogP contribution in [0, 0.1) is 11.3 Å². The van der Waals surface area contributed by atoms with Crippen molar-refractivity contribution in [3.05, 3.63) is 76.4 Å². The fourth-order valence-corrected chi connectivity index (χ4v) is 5.15. The summed E-state index contributed by atoms with van der Waals surface area (Å²) >= 11 is 0. The van der Waals surface area contributed by atoms with Crippen molar-refractivity contribution in [3.63, 3.8) is 0 Å². The lowest BCUT2D eigenvalue weighted by Gasteiger charge is -2.43. The third kappa shape index (κ3) is 4.77. The number of hydrogen-bond acceptors (Lipinski definition) is 5. The van der Waals surface area contributed by atoms with Crippen LogP contribution in [-0.2, 0) is 6.42 Å². The van der Waals surface area contributed by atoms with Gasteiger partial charge in [0.25, 0.3) is 0 Å². The van der Waals surface area contributed by atoms with Crippen LogP contribution in [0.15, 0.2) is 54.1 Å². The first-order valence-electron chi connectivity index (χ1n) is 12.2. The van der Waals surface area contributed by atoms with Gasteiger partial charge in [-0.25, -0.2) is 0 Å². The fourth-order valence-electron chi connectivity index (χ4n) is 5.15. The van der Waals surface area contributed by atoms with Crippen molar-refractivity contribution in [3.8, 4) is 17.2 Å². The molecule has 0 aromatic heterocycles. The molecule has 2 aromatic rings. The summed E-state index contributed by atoms with van der Waals surface area (Å²) in [6.45, 7) is 8.59. The molecule has 1 aliphatic carbocycles. The highest BCUT2D eigenvalue weighted by Crippen LogP contribution is 2.51. The maximum Gasteiger partial charge on any atom is 0.200 e. The Morgan fingerprint density at radius 2 is 1.80 bits per heavy atom. The molecule has 184 valence electrons. The first-order valence-corrected chi connectivity index (χ1v) is 12.2. The van der Waals surface area contributed by atoms with Gasteiger partial charge in [-0.3, -0.25) is 9.59 Å². The minimum absolute atomic E-state index is 0.00780. The van der Waals surface area contributed by atoms with Crippen molar-refractivity contribution >= 4 is 12.1 Å². The van der Waals surface area contributed by atoms with E-state index in [1.807, 2.05) is 6.92 Å². The summed E-state index contributed by atoms with van der Waals surface area (Å²) in [6, 6.07) is 8.59. The van der Waals surface area contributed by atoms with E-state index in [-0.39, 0.29) is 34.0 Å². The van der Waals surface area contributed by atoms with E-state index in [0.717, 1.165) is 19.3 Å². The number of carbonyl (C=O) groups excluding carboxylic acids is 2. The number of hydrogen-bond donors (Lipinski definition) is 2. The fraction of sp³-hybridized carbons (Fsp3) is 0.400. The zero-order valence-corrected chi connectivity index (χ0v) is 20.9. The molecule has 0 fully saturated rings. The van der Waals surface area contributed by atoms with Crippen molar-refractivity contribution in [2.75, 3.05) is 0 Å². The molecule has 1 aliphatic heterocycles. The molecule has 0 spiro atoms. The number of ether oxygens (including phenoxy) is 1. The van der Waals surface area contributed by atoms with Gasteiger partial charge in [0.2, 0.25) is 5.78 Å². The summed E-state index contributed by atoms with van der Waals surface area (Å²) in [5.41, 5.74) is 1.10. The lowest BCUT2D eigenvalue weighted by molar-refractivity contribution is 0.00649. The van der Waals surface area contributed by atoms with E-state index in [1.54, 1.807) is 30.3 Å². The van der Waals surface area contributed by atoms with Crippen LogP contribution in [0.2, 0.25) is 0 Å². The van der Waals surface area contributed by atoms with Gasteiger partial charge in [-0.05, 0) is 44.9 Å². The first kappa shape index (κ1) is 24.8. The zero-order valence-electron chi connectivity index (χ0n) is 20.9. The van der Waals surface area contributed by atoms with Crippen LogP contribution in [-0.4, -0.2) is 27.9 Å². The Morgan fingerprint density at radius 1 is 1.09 bits per heavy atom. The van der Waals surface area contributed by atoms with E-state index >= 15 is 0 Å². The number of fused-ring (bicyclic) bond motifs is 2. The molecule has 0 saturated carbocycles. The number of allylic oxidation sites excluding steroid dienone is 3. The zero-order chi connectivity index (χ0) is 25.4. The molecule has 2 N–H and O–H groups in total. The summed E-state index contributed by atoms with van der Waals surface area (Å²) in [7, 11) is 0. The number of phenols is 2. The molecule has 2 aromatic carbocycles. The summed E-state index contributed by atoms with van der Waals surface area (Å²) in [5, 5.41) is 21.9. The predicted molar refractivity (Wildman–Crippen MR) is 136 cm³/mol. The van der Waals surface area contributed by atoms with Crippen LogP contribution in [0.25, 0.3) is 0 Å². The molecule has 5 nitrogen and oxygen atoms in total. The van der Waals surface area contributed by atoms with E-state index in [9.17, 15) is 19.8 Å². The Hall–Kier alpha value is -3.34. The average molecular weight is 475 g/mol. The van der Waals surface area contributed by atoms with Gasteiger partial charge in [-0.2, -0.15) is 0 Å². The summed E-state index contributed by atoms with van der Waals surface area (Å²) in [4.78, 5) is 25.3. The maximum atomic E-state index is 13.5. The van der Waals surface area contributed by atoms with Crippen molar-refractivity contribution in [2.24, 2.45) is 11.3 Å². The van der Waals surface area contributed by atoms with Crippen LogP contribution in [0.5, 0.6) is 17.2 Å².